The van der Waals surface area contributed by atoms with Crippen LogP contribution in [-0.4, -0.2) is 4.57 Å². The fourth-order valence-corrected chi connectivity index (χ4v) is 2.91. The molecule has 0 bridgehead atoms. The van der Waals surface area contributed by atoms with Gasteiger partial charge in [0.25, 0.3) is 0 Å². The minimum atomic E-state index is -0.589. The molecular formula is C16H13Cl2FN2. The number of halogens is 3. The van der Waals surface area contributed by atoms with Crippen LogP contribution in [0.4, 0.5) is 10.1 Å². The van der Waals surface area contributed by atoms with Crippen molar-refractivity contribution in [2.75, 3.05) is 5.32 Å². The van der Waals surface area contributed by atoms with Crippen LogP contribution in [0.5, 0.6) is 0 Å². The van der Waals surface area contributed by atoms with Crippen LogP contribution in [0.3, 0.4) is 0 Å². The monoisotopic (exact) mass is 322 g/mol. The molecule has 108 valence electrons. The van der Waals surface area contributed by atoms with Gasteiger partial charge in [-0.1, -0.05) is 41.4 Å². The first-order valence-corrected chi connectivity index (χ1v) is 7.23. The Kier molecular flexibility index (Phi) is 3.79. The van der Waals surface area contributed by atoms with Crippen molar-refractivity contribution < 1.29 is 4.39 Å². The molecule has 0 fully saturated rings. The smallest absolute Gasteiger partial charge is 0.160 e. The molecule has 21 heavy (non-hydrogen) atoms. The van der Waals surface area contributed by atoms with Crippen molar-refractivity contribution in [3.63, 3.8) is 0 Å². The quantitative estimate of drug-likeness (QED) is 0.653. The van der Waals surface area contributed by atoms with Gasteiger partial charge in [-0.15, -0.1) is 0 Å². The number of hydrogen-bond donors (Lipinski definition) is 1. The summed E-state index contributed by atoms with van der Waals surface area (Å²) in [6, 6.07) is 11.2. The van der Waals surface area contributed by atoms with E-state index in [1.165, 1.54) is 23.0 Å². The number of aryl methyl sites for hydroxylation is 1. The zero-order valence-electron chi connectivity index (χ0n) is 11.3. The fourth-order valence-electron chi connectivity index (χ4n) is 2.42. The molecule has 2 nitrogen and oxygen atoms in total. The topological polar surface area (TPSA) is 17.0 Å². The molecule has 0 radical (unpaired) electrons. The normalized spacial score (nSPS) is 11.0. The van der Waals surface area contributed by atoms with Gasteiger partial charge in [-0.25, -0.2) is 4.39 Å². The van der Waals surface area contributed by atoms with Crippen LogP contribution in [0, 0.1) is 5.82 Å². The van der Waals surface area contributed by atoms with Gasteiger partial charge in [0.15, 0.2) is 5.82 Å². The van der Waals surface area contributed by atoms with E-state index in [2.05, 4.69) is 28.2 Å². The largest absolute Gasteiger partial charge is 0.381 e. The first kappa shape index (κ1) is 14.2. The lowest BCUT2D eigenvalue weighted by Gasteiger charge is -2.08. The lowest BCUT2D eigenvalue weighted by atomic mass is 10.2. The van der Waals surface area contributed by atoms with Gasteiger partial charge >= 0.3 is 0 Å². The van der Waals surface area contributed by atoms with E-state index in [1.54, 1.807) is 0 Å². The molecule has 1 aromatic heterocycles. The summed E-state index contributed by atoms with van der Waals surface area (Å²) < 4.78 is 15.5. The minimum absolute atomic E-state index is 0.0166. The summed E-state index contributed by atoms with van der Waals surface area (Å²) in [6.45, 7) is 0.611. The molecule has 0 saturated heterocycles. The lowest BCUT2D eigenvalue weighted by molar-refractivity contribution is 0.629. The van der Waals surface area contributed by atoms with E-state index < -0.39 is 5.82 Å². The highest BCUT2D eigenvalue weighted by molar-refractivity contribution is 6.35. The maximum absolute atomic E-state index is 13.4. The van der Waals surface area contributed by atoms with Crippen molar-refractivity contribution >= 4 is 39.8 Å². The molecule has 1 heterocycles. The third-order valence-corrected chi connectivity index (χ3v) is 4.00. The molecule has 2 aromatic carbocycles. The Balaban J connectivity index is 1.87. The lowest BCUT2D eigenvalue weighted by Crippen LogP contribution is -1.99. The van der Waals surface area contributed by atoms with E-state index in [1.807, 2.05) is 19.2 Å². The van der Waals surface area contributed by atoms with Crippen LogP contribution >= 0.6 is 23.2 Å². The van der Waals surface area contributed by atoms with E-state index >= 15 is 0 Å². The molecule has 3 aromatic rings. The molecule has 0 unspecified atom stereocenters. The van der Waals surface area contributed by atoms with Crippen molar-refractivity contribution in [3.05, 3.63) is 64.0 Å². The van der Waals surface area contributed by atoms with Gasteiger partial charge in [-0.05, 0) is 23.8 Å². The number of anilines is 1. The Labute approximate surface area is 132 Å². The Morgan fingerprint density at radius 3 is 2.52 bits per heavy atom. The Hall–Kier alpha value is -1.71. The molecular weight excluding hydrogens is 310 g/mol. The standard InChI is InChI=1S/C16H13Cl2FN2/c1-21-9-10(12-4-2-3-5-15(12)21)8-20-11-6-13(17)16(19)14(18)7-11/h2-7,9,20H,8H2,1H3. The van der Waals surface area contributed by atoms with E-state index in [0.29, 0.717) is 12.2 Å². The summed E-state index contributed by atoms with van der Waals surface area (Å²) in [4.78, 5) is 0. The summed E-state index contributed by atoms with van der Waals surface area (Å²) >= 11 is 11.6. The predicted octanol–water partition coefficient (Wildman–Crippen LogP) is 5.24. The van der Waals surface area contributed by atoms with E-state index in [-0.39, 0.29) is 10.0 Å². The first-order chi connectivity index (χ1) is 10.1. The van der Waals surface area contributed by atoms with Gasteiger partial charge in [0.05, 0.1) is 10.0 Å². The highest BCUT2D eigenvalue weighted by Gasteiger charge is 2.09. The molecule has 3 rings (SSSR count). The van der Waals surface area contributed by atoms with Crippen LogP contribution in [-0.2, 0) is 13.6 Å². The summed E-state index contributed by atoms with van der Waals surface area (Å²) in [5, 5.41) is 4.45. The Morgan fingerprint density at radius 1 is 1.14 bits per heavy atom. The first-order valence-electron chi connectivity index (χ1n) is 6.47. The summed E-state index contributed by atoms with van der Waals surface area (Å²) in [7, 11) is 2.01. The highest BCUT2D eigenvalue weighted by Crippen LogP contribution is 2.28. The van der Waals surface area contributed by atoms with Crippen molar-refractivity contribution in [1.29, 1.82) is 0 Å². The number of rotatable bonds is 3. The van der Waals surface area contributed by atoms with Crippen LogP contribution in [0.1, 0.15) is 5.56 Å². The SMILES string of the molecule is Cn1cc(CNc2cc(Cl)c(F)c(Cl)c2)c2ccccc21. The molecule has 0 spiro atoms. The molecule has 0 aliphatic carbocycles. The molecule has 0 aliphatic heterocycles. The number of aromatic nitrogens is 1. The number of para-hydroxylation sites is 1. The number of hydrogen-bond acceptors (Lipinski definition) is 1. The van der Waals surface area contributed by atoms with E-state index in [4.69, 9.17) is 23.2 Å². The van der Waals surface area contributed by atoms with Crippen LogP contribution in [0.15, 0.2) is 42.6 Å². The second-order valence-corrected chi connectivity index (χ2v) is 5.70. The Bertz CT molecular complexity index is 788. The molecule has 0 aliphatic rings. The Morgan fingerprint density at radius 2 is 1.81 bits per heavy atom. The maximum atomic E-state index is 13.4. The summed E-state index contributed by atoms with van der Waals surface area (Å²) in [5.74, 6) is -0.589. The van der Waals surface area contributed by atoms with Crippen molar-refractivity contribution in [3.8, 4) is 0 Å². The minimum Gasteiger partial charge on any atom is -0.381 e. The van der Waals surface area contributed by atoms with Crippen LogP contribution in [0.25, 0.3) is 10.9 Å². The van der Waals surface area contributed by atoms with E-state index in [9.17, 15) is 4.39 Å². The second-order valence-electron chi connectivity index (χ2n) is 4.89. The van der Waals surface area contributed by atoms with E-state index in [0.717, 1.165) is 5.56 Å². The van der Waals surface area contributed by atoms with Gasteiger partial charge in [-0.3, -0.25) is 0 Å². The molecule has 0 saturated carbocycles. The zero-order chi connectivity index (χ0) is 15.0. The van der Waals surface area contributed by atoms with Crippen molar-refractivity contribution in [2.45, 2.75) is 6.54 Å². The average Bonchev–Trinajstić information content (AvgIpc) is 2.79. The summed E-state index contributed by atoms with van der Waals surface area (Å²) in [6.07, 6.45) is 2.07. The zero-order valence-corrected chi connectivity index (χ0v) is 12.8. The number of nitrogens with one attached hydrogen (secondary N) is 1. The second kappa shape index (κ2) is 5.58. The van der Waals surface area contributed by atoms with Crippen LogP contribution < -0.4 is 5.32 Å². The fraction of sp³-hybridized carbons (Fsp3) is 0.125. The number of benzene rings is 2. The number of fused-ring (bicyclic) bond motifs is 1. The van der Waals surface area contributed by atoms with Crippen molar-refractivity contribution in [2.24, 2.45) is 7.05 Å². The number of nitrogens with zero attached hydrogens (tertiary/aromatic N) is 1. The molecule has 5 heteroatoms. The molecule has 1 N–H and O–H groups in total. The van der Waals surface area contributed by atoms with Gasteiger partial charge in [0.2, 0.25) is 0 Å². The third-order valence-electron chi connectivity index (χ3n) is 3.45. The van der Waals surface area contributed by atoms with Gasteiger partial charge in [-0.2, -0.15) is 0 Å². The molecule has 0 amide bonds. The average molecular weight is 323 g/mol. The molecule has 0 atom stereocenters. The highest BCUT2D eigenvalue weighted by atomic mass is 35.5. The van der Waals surface area contributed by atoms with Gasteiger partial charge < -0.3 is 9.88 Å². The summed E-state index contributed by atoms with van der Waals surface area (Å²) in [5.41, 5.74) is 3.02. The van der Waals surface area contributed by atoms with Gasteiger partial charge in [0.1, 0.15) is 0 Å². The maximum Gasteiger partial charge on any atom is 0.160 e. The van der Waals surface area contributed by atoms with Crippen LogP contribution in [0.2, 0.25) is 10.0 Å². The predicted molar refractivity (Wildman–Crippen MR) is 86.7 cm³/mol. The van der Waals surface area contributed by atoms with Gasteiger partial charge in [0, 0.05) is 36.4 Å². The van der Waals surface area contributed by atoms with Crippen molar-refractivity contribution in [1.82, 2.24) is 4.57 Å². The third kappa shape index (κ3) is 2.71.